The molecule has 130 valence electrons. The van der Waals surface area contributed by atoms with Gasteiger partial charge in [0.1, 0.15) is 11.9 Å². The van der Waals surface area contributed by atoms with Crippen LogP contribution in [0, 0.1) is 10.1 Å². The molecule has 1 unspecified atom stereocenters. The molecule has 1 aliphatic heterocycles. The molecular weight excluding hydrogens is 316 g/mol. The second-order valence-corrected chi connectivity index (χ2v) is 5.74. The van der Waals surface area contributed by atoms with Crippen molar-refractivity contribution in [3.05, 3.63) is 34.4 Å². The van der Waals surface area contributed by atoms with Crippen molar-refractivity contribution in [3.8, 4) is 5.75 Å². The van der Waals surface area contributed by atoms with E-state index in [2.05, 4.69) is 4.90 Å². The number of hydrogen-bond donors (Lipinski definition) is 0. The van der Waals surface area contributed by atoms with Gasteiger partial charge in [0.2, 0.25) is 0 Å². The van der Waals surface area contributed by atoms with E-state index >= 15 is 0 Å². The molecular formula is C16H20N2O6. The van der Waals surface area contributed by atoms with E-state index in [-0.39, 0.29) is 30.4 Å². The van der Waals surface area contributed by atoms with Crippen molar-refractivity contribution in [2.45, 2.75) is 31.8 Å². The van der Waals surface area contributed by atoms with Gasteiger partial charge < -0.3 is 14.4 Å². The second kappa shape index (κ2) is 8.39. The molecule has 0 bridgehead atoms. The maximum atomic E-state index is 11.8. The Morgan fingerprint density at radius 2 is 1.92 bits per heavy atom. The lowest BCUT2D eigenvalue weighted by molar-refractivity contribution is -0.384. The fourth-order valence-corrected chi connectivity index (χ4v) is 2.48. The fourth-order valence-electron chi connectivity index (χ4n) is 2.48. The minimum absolute atomic E-state index is 0.0496. The number of ether oxygens (including phenoxy) is 2. The maximum Gasteiger partial charge on any atom is 0.311 e. The molecule has 1 heterocycles. The number of piperidine rings is 1. The summed E-state index contributed by atoms with van der Waals surface area (Å²) in [5.74, 6) is -0.801. The predicted molar refractivity (Wildman–Crippen MR) is 84.6 cm³/mol. The highest BCUT2D eigenvalue weighted by Crippen LogP contribution is 2.18. The summed E-state index contributed by atoms with van der Waals surface area (Å²) >= 11 is 0. The van der Waals surface area contributed by atoms with E-state index in [1.165, 1.54) is 24.3 Å². The number of nitro benzene ring substituents is 1. The fraction of sp³-hybridized carbons (Fsp3) is 0.500. The van der Waals surface area contributed by atoms with E-state index in [1.54, 1.807) is 0 Å². The molecule has 1 saturated heterocycles. The van der Waals surface area contributed by atoms with Crippen molar-refractivity contribution in [3.63, 3.8) is 0 Å². The third-order valence-electron chi connectivity index (χ3n) is 3.69. The normalized spacial score (nSPS) is 18.0. The lowest BCUT2D eigenvalue weighted by Crippen LogP contribution is -2.38. The minimum Gasteiger partial charge on any atom is -0.461 e. The highest BCUT2D eigenvalue weighted by atomic mass is 16.6. The largest absolute Gasteiger partial charge is 0.461 e. The third kappa shape index (κ3) is 5.62. The Kier molecular flexibility index (Phi) is 6.25. The molecule has 2 rings (SSSR count). The number of hydrogen-bond acceptors (Lipinski definition) is 7. The first-order valence-corrected chi connectivity index (χ1v) is 7.77. The summed E-state index contributed by atoms with van der Waals surface area (Å²) in [7, 11) is 1.97. The zero-order chi connectivity index (χ0) is 17.5. The molecule has 0 aliphatic carbocycles. The van der Waals surface area contributed by atoms with Gasteiger partial charge in [0.25, 0.3) is 5.69 Å². The molecule has 0 spiro atoms. The van der Waals surface area contributed by atoms with Gasteiger partial charge in [0.15, 0.2) is 0 Å². The summed E-state index contributed by atoms with van der Waals surface area (Å²) in [5, 5.41) is 10.5. The lowest BCUT2D eigenvalue weighted by atomic mass is 10.1. The number of nitro groups is 1. The molecule has 24 heavy (non-hydrogen) atoms. The maximum absolute atomic E-state index is 11.8. The first-order chi connectivity index (χ1) is 11.4. The van der Waals surface area contributed by atoms with E-state index in [1.807, 2.05) is 7.05 Å². The summed E-state index contributed by atoms with van der Waals surface area (Å²) in [6, 6.07) is 5.17. The Morgan fingerprint density at radius 3 is 2.54 bits per heavy atom. The molecule has 1 fully saturated rings. The van der Waals surface area contributed by atoms with Gasteiger partial charge in [-0.1, -0.05) is 0 Å². The molecule has 1 aromatic rings. The Hall–Kier alpha value is -2.48. The average molecular weight is 336 g/mol. The average Bonchev–Trinajstić information content (AvgIpc) is 2.53. The van der Waals surface area contributed by atoms with E-state index in [0.717, 1.165) is 19.4 Å². The molecule has 0 aromatic heterocycles. The van der Waals surface area contributed by atoms with Crippen LogP contribution in [0.1, 0.15) is 25.7 Å². The van der Waals surface area contributed by atoms with Gasteiger partial charge in [-0.25, -0.2) is 0 Å². The van der Waals surface area contributed by atoms with Gasteiger partial charge >= 0.3 is 11.9 Å². The number of non-ortho nitro benzene ring substituents is 1. The van der Waals surface area contributed by atoms with Crippen molar-refractivity contribution in [2.24, 2.45) is 0 Å². The molecule has 0 N–H and O–H groups in total. The number of benzene rings is 1. The van der Waals surface area contributed by atoms with Gasteiger partial charge in [-0.2, -0.15) is 0 Å². The predicted octanol–water partition coefficient (Wildman–Crippen LogP) is 1.92. The second-order valence-electron chi connectivity index (χ2n) is 5.74. The molecule has 0 saturated carbocycles. The summed E-state index contributed by atoms with van der Waals surface area (Å²) < 4.78 is 10.4. The lowest BCUT2D eigenvalue weighted by Gasteiger charge is -2.29. The van der Waals surface area contributed by atoms with Gasteiger partial charge in [-0.15, -0.1) is 0 Å². The van der Waals surface area contributed by atoms with Crippen LogP contribution in [0.15, 0.2) is 24.3 Å². The molecule has 8 nitrogen and oxygen atoms in total. The zero-order valence-electron chi connectivity index (χ0n) is 13.5. The number of likely N-dealkylation sites (tertiary alicyclic amines) is 1. The van der Waals surface area contributed by atoms with Crippen LogP contribution in [0.25, 0.3) is 0 Å². The Labute approximate surface area is 139 Å². The highest BCUT2D eigenvalue weighted by molar-refractivity contribution is 5.79. The van der Waals surface area contributed by atoms with Crippen LogP contribution in [0.5, 0.6) is 5.75 Å². The standard InChI is InChI=1S/C16H20N2O6/c1-17-10-2-3-14(11-17)24-16(20)9-8-15(19)23-13-6-4-12(5-7-13)18(21)22/h4-7,14H,2-3,8-11H2,1H3. The highest BCUT2D eigenvalue weighted by Gasteiger charge is 2.21. The van der Waals surface area contributed by atoms with Gasteiger partial charge in [0, 0.05) is 18.7 Å². The Bertz CT molecular complexity index is 601. The number of carbonyl (C=O) groups is 2. The zero-order valence-corrected chi connectivity index (χ0v) is 13.5. The summed E-state index contributed by atoms with van der Waals surface area (Å²) in [6.45, 7) is 1.70. The molecule has 1 atom stereocenters. The van der Waals surface area contributed by atoms with E-state index in [9.17, 15) is 19.7 Å². The number of likely N-dealkylation sites (N-methyl/N-ethyl adjacent to an activating group) is 1. The Morgan fingerprint density at radius 1 is 1.25 bits per heavy atom. The van der Waals surface area contributed by atoms with E-state index in [4.69, 9.17) is 9.47 Å². The number of nitrogens with zero attached hydrogens (tertiary/aromatic N) is 2. The van der Waals surface area contributed by atoms with Gasteiger partial charge in [-0.05, 0) is 38.6 Å². The smallest absolute Gasteiger partial charge is 0.311 e. The summed E-state index contributed by atoms with van der Waals surface area (Å²) in [5.41, 5.74) is -0.0872. The SMILES string of the molecule is CN1CCCC(OC(=O)CCC(=O)Oc2ccc([N+](=O)[O-])cc2)C1. The van der Waals surface area contributed by atoms with Crippen molar-refractivity contribution >= 4 is 17.6 Å². The van der Waals surface area contributed by atoms with Crippen molar-refractivity contribution in [1.82, 2.24) is 4.90 Å². The van der Waals surface area contributed by atoms with Crippen LogP contribution in [0.2, 0.25) is 0 Å². The third-order valence-corrected chi connectivity index (χ3v) is 3.69. The first-order valence-electron chi connectivity index (χ1n) is 7.77. The molecule has 0 radical (unpaired) electrons. The van der Waals surface area contributed by atoms with Crippen molar-refractivity contribution in [1.29, 1.82) is 0 Å². The van der Waals surface area contributed by atoms with Crippen LogP contribution >= 0.6 is 0 Å². The molecule has 0 amide bonds. The number of esters is 2. The molecule has 1 aromatic carbocycles. The van der Waals surface area contributed by atoms with Crippen LogP contribution in [0.4, 0.5) is 5.69 Å². The van der Waals surface area contributed by atoms with E-state index < -0.39 is 16.9 Å². The molecule has 1 aliphatic rings. The Balaban J connectivity index is 1.72. The van der Waals surface area contributed by atoms with Crippen molar-refractivity contribution in [2.75, 3.05) is 20.1 Å². The first kappa shape index (κ1) is 17.9. The number of rotatable bonds is 6. The summed E-state index contributed by atoms with van der Waals surface area (Å²) in [4.78, 5) is 35.6. The topological polar surface area (TPSA) is 99.0 Å². The van der Waals surface area contributed by atoms with E-state index in [0.29, 0.717) is 6.54 Å². The summed E-state index contributed by atoms with van der Waals surface area (Å²) in [6.07, 6.45) is 1.55. The van der Waals surface area contributed by atoms with Crippen molar-refractivity contribution < 1.29 is 24.0 Å². The number of carbonyl (C=O) groups excluding carboxylic acids is 2. The molecule has 8 heteroatoms. The minimum atomic E-state index is -0.582. The van der Waals surface area contributed by atoms with Crippen LogP contribution in [0.3, 0.4) is 0 Å². The quantitative estimate of drug-likeness (QED) is 0.339. The monoisotopic (exact) mass is 336 g/mol. The van der Waals surface area contributed by atoms with Gasteiger partial charge in [0.05, 0.1) is 17.8 Å². The van der Waals surface area contributed by atoms with Crippen LogP contribution in [-0.4, -0.2) is 48.0 Å². The van der Waals surface area contributed by atoms with Gasteiger partial charge in [-0.3, -0.25) is 19.7 Å². The van der Waals surface area contributed by atoms with Crippen LogP contribution in [-0.2, 0) is 14.3 Å². The van der Waals surface area contributed by atoms with Crippen LogP contribution < -0.4 is 4.74 Å².